The first-order chi connectivity index (χ1) is 8.45. The monoisotopic (exact) mass is 249 g/mol. The zero-order valence-electron chi connectivity index (χ0n) is 11.6. The molecule has 0 aliphatic heterocycles. The average molecular weight is 249 g/mol. The molecule has 0 spiro atoms. The smallest absolute Gasteiger partial charge is 0.251 e. The van der Waals surface area contributed by atoms with Crippen LogP contribution in [0.1, 0.15) is 31.1 Å². The van der Waals surface area contributed by atoms with E-state index in [0.29, 0.717) is 23.1 Å². The maximum absolute atomic E-state index is 11.4. The lowest BCUT2D eigenvalue weighted by Gasteiger charge is -2.18. The van der Waals surface area contributed by atoms with Crippen LogP contribution < -0.4 is 16.4 Å². The lowest BCUT2D eigenvalue weighted by atomic mass is 9.98. The van der Waals surface area contributed by atoms with Gasteiger partial charge in [-0.05, 0) is 30.0 Å². The third-order valence-corrected chi connectivity index (χ3v) is 3.29. The molecule has 1 aromatic rings. The second-order valence-corrected chi connectivity index (χ2v) is 4.98. The highest BCUT2D eigenvalue weighted by atomic mass is 16.1. The Kier molecular flexibility index (Phi) is 5.01. The fourth-order valence-electron chi connectivity index (χ4n) is 1.52. The van der Waals surface area contributed by atoms with Crippen molar-refractivity contribution >= 4 is 17.3 Å². The van der Waals surface area contributed by atoms with Crippen molar-refractivity contribution in [3.05, 3.63) is 23.8 Å². The predicted molar refractivity (Wildman–Crippen MR) is 76.7 cm³/mol. The molecule has 1 amide bonds. The highest BCUT2D eigenvalue weighted by molar-refractivity contribution is 5.95. The molecule has 4 heteroatoms. The predicted octanol–water partition coefficient (Wildman–Crippen LogP) is 2.33. The number of carbonyl (C=O) groups excluding carboxylic acids is 1. The Bertz CT molecular complexity index is 416. The summed E-state index contributed by atoms with van der Waals surface area (Å²) in [5.41, 5.74) is 8.00. The highest BCUT2D eigenvalue weighted by Gasteiger charge is 2.09. The van der Waals surface area contributed by atoms with Gasteiger partial charge in [-0.15, -0.1) is 0 Å². The van der Waals surface area contributed by atoms with Gasteiger partial charge < -0.3 is 16.4 Å². The zero-order valence-corrected chi connectivity index (χ0v) is 11.6. The van der Waals surface area contributed by atoms with Crippen LogP contribution in [0.4, 0.5) is 11.4 Å². The molecule has 0 bridgehead atoms. The summed E-state index contributed by atoms with van der Waals surface area (Å²) >= 11 is 0. The second-order valence-electron chi connectivity index (χ2n) is 4.98. The van der Waals surface area contributed by atoms with Crippen LogP contribution >= 0.6 is 0 Å². The lowest BCUT2D eigenvalue weighted by Crippen LogP contribution is -2.19. The SMILES string of the molecule is CNC(=O)c1ccc(NCC(C)C(C)C)c(N)c1. The normalized spacial score (nSPS) is 12.3. The molecular formula is C14H23N3O. The van der Waals surface area contributed by atoms with Crippen molar-refractivity contribution in [2.45, 2.75) is 20.8 Å². The van der Waals surface area contributed by atoms with E-state index in [1.165, 1.54) is 0 Å². The van der Waals surface area contributed by atoms with E-state index in [2.05, 4.69) is 31.4 Å². The molecule has 4 nitrogen and oxygen atoms in total. The van der Waals surface area contributed by atoms with Crippen LogP contribution in [0.3, 0.4) is 0 Å². The molecule has 0 saturated heterocycles. The van der Waals surface area contributed by atoms with Crippen LogP contribution in [-0.2, 0) is 0 Å². The molecular weight excluding hydrogens is 226 g/mol. The first-order valence-corrected chi connectivity index (χ1v) is 6.31. The number of nitrogens with two attached hydrogens (primary N) is 1. The molecule has 0 radical (unpaired) electrons. The summed E-state index contributed by atoms with van der Waals surface area (Å²) in [6.07, 6.45) is 0. The Morgan fingerprint density at radius 2 is 2.00 bits per heavy atom. The number of rotatable bonds is 5. The molecule has 0 aliphatic rings. The summed E-state index contributed by atoms with van der Waals surface area (Å²) in [6.45, 7) is 7.47. The van der Waals surface area contributed by atoms with Crippen molar-refractivity contribution in [2.24, 2.45) is 11.8 Å². The van der Waals surface area contributed by atoms with Crippen molar-refractivity contribution in [2.75, 3.05) is 24.6 Å². The van der Waals surface area contributed by atoms with Gasteiger partial charge in [-0.25, -0.2) is 0 Å². The van der Waals surface area contributed by atoms with E-state index in [4.69, 9.17) is 5.73 Å². The third kappa shape index (κ3) is 3.65. The molecule has 1 rings (SSSR count). The van der Waals surface area contributed by atoms with E-state index in [1.807, 2.05) is 6.07 Å². The Balaban J connectivity index is 2.71. The molecule has 18 heavy (non-hydrogen) atoms. The summed E-state index contributed by atoms with van der Waals surface area (Å²) in [6, 6.07) is 5.33. The van der Waals surface area contributed by atoms with Crippen molar-refractivity contribution < 1.29 is 4.79 Å². The summed E-state index contributed by atoms with van der Waals surface area (Å²) in [5, 5.41) is 5.90. The highest BCUT2D eigenvalue weighted by Crippen LogP contribution is 2.21. The van der Waals surface area contributed by atoms with E-state index in [1.54, 1.807) is 19.2 Å². The number of nitrogens with one attached hydrogen (secondary N) is 2. The van der Waals surface area contributed by atoms with E-state index < -0.39 is 0 Å². The maximum Gasteiger partial charge on any atom is 0.251 e. The molecule has 0 aromatic heterocycles. The summed E-state index contributed by atoms with van der Waals surface area (Å²) in [5.74, 6) is 1.08. The van der Waals surface area contributed by atoms with Gasteiger partial charge in [-0.2, -0.15) is 0 Å². The van der Waals surface area contributed by atoms with Gasteiger partial charge in [0.1, 0.15) is 0 Å². The molecule has 0 heterocycles. The van der Waals surface area contributed by atoms with Crippen molar-refractivity contribution in [3.63, 3.8) is 0 Å². The Labute approximate surface area is 109 Å². The molecule has 1 aromatic carbocycles. The lowest BCUT2D eigenvalue weighted by molar-refractivity contribution is 0.0963. The van der Waals surface area contributed by atoms with Gasteiger partial charge in [0.2, 0.25) is 0 Å². The minimum absolute atomic E-state index is 0.121. The zero-order chi connectivity index (χ0) is 13.7. The van der Waals surface area contributed by atoms with E-state index in [9.17, 15) is 4.79 Å². The van der Waals surface area contributed by atoms with Crippen LogP contribution in [0.15, 0.2) is 18.2 Å². The summed E-state index contributed by atoms with van der Waals surface area (Å²) in [4.78, 5) is 11.4. The molecule has 0 fully saturated rings. The Morgan fingerprint density at radius 3 is 2.50 bits per heavy atom. The number of benzene rings is 1. The number of hydrogen-bond donors (Lipinski definition) is 3. The van der Waals surface area contributed by atoms with Gasteiger partial charge in [0.25, 0.3) is 5.91 Å². The van der Waals surface area contributed by atoms with E-state index in [-0.39, 0.29) is 5.91 Å². The fourth-order valence-corrected chi connectivity index (χ4v) is 1.52. The van der Waals surface area contributed by atoms with Gasteiger partial charge in [0.05, 0.1) is 11.4 Å². The number of anilines is 2. The largest absolute Gasteiger partial charge is 0.397 e. The average Bonchev–Trinajstić information content (AvgIpc) is 2.35. The van der Waals surface area contributed by atoms with Crippen LogP contribution in [0, 0.1) is 11.8 Å². The third-order valence-electron chi connectivity index (χ3n) is 3.29. The molecule has 1 atom stereocenters. The van der Waals surface area contributed by atoms with Crippen LogP contribution in [0.5, 0.6) is 0 Å². The molecule has 4 N–H and O–H groups in total. The summed E-state index contributed by atoms with van der Waals surface area (Å²) in [7, 11) is 1.61. The van der Waals surface area contributed by atoms with Crippen LogP contribution in [-0.4, -0.2) is 19.5 Å². The number of carbonyl (C=O) groups is 1. The topological polar surface area (TPSA) is 67.2 Å². The van der Waals surface area contributed by atoms with Gasteiger partial charge in [0, 0.05) is 19.2 Å². The van der Waals surface area contributed by atoms with E-state index >= 15 is 0 Å². The minimum Gasteiger partial charge on any atom is -0.397 e. The fraction of sp³-hybridized carbons (Fsp3) is 0.500. The quantitative estimate of drug-likeness (QED) is 0.702. The summed E-state index contributed by atoms with van der Waals surface area (Å²) < 4.78 is 0. The first-order valence-electron chi connectivity index (χ1n) is 6.31. The maximum atomic E-state index is 11.4. The molecule has 0 saturated carbocycles. The van der Waals surface area contributed by atoms with Gasteiger partial charge in [-0.1, -0.05) is 20.8 Å². The first kappa shape index (κ1) is 14.4. The molecule has 0 aliphatic carbocycles. The van der Waals surface area contributed by atoms with E-state index in [0.717, 1.165) is 12.2 Å². The van der Waals surface area contributed by atoms with Crippen molar-refractivity contribution in [1.82, 2.24) is 5.32 Å². The Hall–Kier alpha value is -1.71. The number of hydrogen-bond acceptors (Lipinski definition) is 3. The second kappa shape index (κ2) is 6.28. The number of amides is 1. The standard InChI is InChI=1S/C14H23N3O/c1-9(2)10(3)8-17-13-6-5-11(7-12(13)15)14(18)16-4/h5-7,9-10,17H,8,15H2,1-4H3,(H,16,18). The van der Waals surface area contributed by atoms with Crippen LogP contribution in [0.25, 0.3) is 0 Å². The Morgan fingerprint density at radius 1 is 1.33 bits per heavy atom. The molecule has 1 unspecified atom stereocenters. The molecule has 100 valence electrons. The minimum atomic E-state index is -0.121. The van der Waals surface area contributed by atoms with Crippen LogP contribution in [0.2, 0.25) is 0 Å². The van der Waals surface area contributed by atoms with Gasteiger partial charge >= 0.3 is 0 Å². The number of nitrogen functional groups attached to an aromatic ring is 1. The van der Waals surface area contributed by atoms with Crippen molar-refractivity contribution in [1.29, 1.82) is 0 Å². The van der Waals surface area contributed by atoms with Crippen molar-refractivity contribution in [3.8, 4) is 0 Å². The van der Waals surface area contributed by atoms with Gasteiger partial charge in [-0.3, -0.25) is 4.79 Å². The van der Waals surface area contributed by atoms with Gasteiger partial charge in [0.15, 0.2) is 0 Å².